The summed E-state index contributed by atoms with van der Waals surface area (Å²) in [5.74, 6) is -0.498. The van der Waals surface area contributed by atoms with Crippen LogP contribution in [-0.4, -0.2) is 53.1 Å². The predicted molar refractivity (Wildman–Crippen MR) is 119 cm³/mol. The predicted octanol–water partition coefficient (Wildman–Crippen LogP) is 2.58. The van der Waals surface area contributed by atoms with Gasteiger partial charge in [0.05, 0.1) is 0 Å². The first-order valence-electron chi connectivity index (χ1n) is 9.74. The summed E-state index contributed by atoms with van der Waals surface area (Å²) in [5, 5.41) is 11.0. The van der Waals surface area contributed by atoms with Gasteiger partial charge in [-0.2, -0.15) is 5.10 Å². The summed E-state index contributed by atoms with van der Waals surface area (Å²) >= 11 is 6.19. The van der Waals surface area contributed by atoms with Crippen molar-refractivity contribution in [1.29, 1.82) is 0 Å². The molecule has 0 atom stereocenters. The van der Waals surface area contributed by atoms with Crippen molar-refractivity contribution in [2.24, 2.45) is 5.73 Å². The zero-order chi connectivity index (χ0) is 20.9. The molecule has 1 saturated carbocycles. The molecule has 0 unspecified atom stereocenters. The lowest BCUT2D eigenvalue weighted by Crippen LogP contribution is -2.50. The maximum absolute atomic E-state index is 13.0. The molecule has 0 spiro atoms. The summed E-state index contributed by atoms with van der Waals surface area (Å²) in [6.07, 6.45) is 4.62. The van der Waals surface area contributed by atoms with Crippen LogP contribution in [0.4, 0.5) is 0 Å². The maximum Gasteiger partial charge on any atom is 0.275 e. The topological polar surface area (TPSA) is 101 Å². The largest absolute Gasteiger partial charge is 0.358 e. The number of aromatic nitrogens is 2. The summed E-state index contributed by atoms with van der Waals surface area (Å²) in [4.78, 5) is 26.7. The third-order valence-corrected chi connectivity index (χ3v) is 6.06. The van der Waals surface area contributed by atoms with E-state index in [9.17, 15) is 9.59 Å². The third-order valence-electron chi connectivity index (χ3n) is 5.83. The third kappa shape index (κ3) is 5.28. The average Bonchev–Trinajstić information content (AvgIpc) is 2.77. The smallest absolute Gasteiger partial charge is 0.275 e. The van der Waals surface area contributed by atoms with Crippen LogP contribution in [0, 0.1) is 0 Å². The molecule has 1 fully saturated rings. The van der Waals surface area contributed by atoms with Gasteiger partial charge in [-0.05, 0) is 55.5 Å². The van der Waals surface area contributed by atoms with Crippen LogP contribution in [0.2, 0.25) is 5.02 Å². The molecule has 1 heterocycles. The molecule has 2 aromatic rings. The van der Waals surface area contributed by atoms with E-state index in [0.29, 0.717) is 11.6 Å². The summed E-state index contributed by atoms with van der Waals surface area (Å²) in [7, 11) is 1.56. The van der Waals surface area contributed by atoms with E-state index >= 15 is 0 Å². The van der Waals surface area contributed by atoms with E-state index in [2.05, 4.69) is 21.6 Å². The lowest BCUT2D eigenvalue weighted by molar-refractivity contribution is -0.121. The minimum atomic E-state index is -0.283. The van der Waals surface area contributed by atoms with Gasteiger partial charge in [-0.3, -0.25) is 9.59 Å². The fraction of sp³-hybridized carbons (Fsp3) is 0.429. The van der Waals surface area contributed by atoms with Crippen LogP contribution in [0.3, 0.4) is 0 Å². The molecule has 3 N–H and O–H groups in total. The molecule has 9 heteroatoms. The molecule has 1 aromatic heterocycles. The number of carbonyl (C=O) groups excluding carboxylic acids is 2. The van der Waals surface area contributed by atoms with Crippen molar-refractivity contribution < 1.29 is 9.59 Å². The Morgan fingerprint density at radius 1 is 1.27 bits per heavy atom. The zero-order valence-corrected chi connectivity index (χ0v) is 18.5. The number of nitrogens with two attached hydrogens (primary N) is 1. The first-order chi connectivity index (χ1) is 14.0. The minimum absolute atomic E-state index is 0. The molecule has 0 saturated heterocycles. The molecule has 7 nitrogen and oxygen atoms in total. The number of hydrogen-bond donors (Lipinski definition) is 2. The lowest BCUT2D eigenvalue weighted by Gasteiger charge is -2.43. The second kappa shape index (κ2) is 10.7. The van der Waals surface area contributed by atoms with Gasteiger partial charge in [0.1, 0.15) is 6.54 Å². The Kier molecular flexibility index (Phi) is 8.58. The van der Waals surface area contributed by atoms with Gasteiger partial charge in [-0.1, -0.05) is 23.7 Å². The van der Waals surface area contributed by atoms with E-state index in [1.807, 2.05) is 18.2 Å². The number of likely N-dealkylation sites (N-methyl/N-ethyl adjacent to an activating group) is 1. The standard InChI is InChI=1S/C21H26ClN5O2.ClH/c1-24-19(28)13-27(20(29)18-6-3-11-25-26-18)17-7-9-21(14-23,10-8-17)15-4-2-5-16(22)12-15;/h2-6,11-12,17H,7-10,13-14,23H2,1H3,(H,24,28);1H. The van der Waals surface area contributed by atoms with Crippen LogP contribution in [0.25, 0.3) is 0 Å². The second-order valence-electron chi connectivity index (χ2n) is 7.44. The maximum atomic E-state index is 13.0. The molecule has 0 aliphatic heterocycles. The van der Waals surface area contributed by atoms with Crippen molar-refractivity contribution in [2.45, 2.75) is 37.1 Å². The van der Waals surface area contributed by atoms with Crippen LogP contribution < -0.4 is 11.1 Å². The Bertz CT molecular complexity index is 857. The van der Waals surface area contributed by atoms with Crippen LogP contribution in [0.1, 0.15) is 41.7 Å². The van der Waals surface area contributed by atoms with Crippen LogP contribution in [0.5, 0.6) is 0 Å². The van der Waals surface area contributed by atoms with E-state index in [0.717, 1.165) is 31.2 Å². The number of carbonyl (C=O) groups is 2. The van der Waals surface area contributed by atoms with Gasteiger partial charge in [0, 0.05) is 36.3 Å². The van der Waals surface area contributed by atoms with E-state index < -0.39 is 0 Å². The fourth-order valence-electron chi connectivity index (χ4n) is 4.06. The van der Waals surface area contributed by atoms with Gasteiger partial charge < -0.3 is 16.0 Å². The van der Waals surface area contributed by atoms with Crippen LogP contribution >= 0.6 is 24.0 Å². The van der Waals surface area contributed by atoms with E-state index in [1.54, 1.807) is 24.1 Å². The number of benzene rings is 1. The summed E-state index contributed by atoms with van der Waals surface area (Å²) in [6, 6.07) is 11.0. The Labute approximate surface area is 187 Å². The Morgan fingerprint density at radius 3 is 2.57 bits per heavy atom. The number of halogens is 2. The monoisotopic (exact) mass is 451 g/mol. The SMILES string of the molecule is CNC(=O)CN(C(=O)c1cccnn1)C1CCC(CN)(c2cccc(Cl)c2)CC1.Cl. The molecule has 1 aliphatic carbocycles. The zero-order valence-electron chi connectivity index (χ0n) is 16.9. The second-order valence-corrected chi connectivity index (χ2v) is 7.88. The highest BCUT2D eigenvalue weighted by atomic mass is 35.5. The highest BCUT2D eigenvalue weighted by Gasteiger charge is 2.39. The Hall–Kier alpha value is -2.22. The van der Waals surface area contributed by atoms with Gasteiger partial charge in [0.25, 0.3) is 5.91 Å². The Balaban J connectivity index is 0.00000320. The van der Waals surface area contributed by atoms with Crippen molar-refractivity contribution >= 4 is 35.8 Å². The van der Waals surface area contributed by atoms with Crippen LogP contribution in [-0.2, 0) is 10.2 Å². The van der Waals surface area contributed by atoms with Gasteiger partial charge in [0.2, 0.25) is 5.91 Å². The quantitative estimate of drug-likeness (QED) is 0.702. The van der Waals surface area contributed by atoms with E-state index in [-0.39, 0.29) is 47.9 Å². The molecule has 30 heavy (non-hydrogen) atoms. The molecular formula is C21H27Cl2N5O2. The van der Waals surface area contributed by atoms with Crippen LogP contribution in [0.15, 0.2) is 42.6 Å². The number of hydrogen-bond acceptors (Lipinski definition) is 5. The van der Waals surface area contributed by atoms with Crippen molar-refractivity contribution in [1.82, 2.24) is 20.4 Å². The molecule has 0 radical (unpaired) electrons. The molecular weight excluding hydrogens is 425 g/mol. The van der Waals surface area contributed by atoms with E-state index in [1.165, 1.54) is 6.20 Å². The van der Waals surface area contributed by atoms with Crippen molar-refractivity contribution in [3.8, 4) is 0 Å². The van der Waals surface area contributed by atoms with Crippen molar-refractivity contribution in [3.05, 3.63) is 58.9 Å². The minimum Gasteiger partial charge on any atom is -0.358 e. The fourth-order valence-corrected chi connectivity index (χ4v) is 4.25. The summed E-state index contributed by atoms with van der Waals surface area (Å²) in [5.41, 5.74) is 7.38. The highest BCUT2D eigenvalue weighted by molar-refractivity contribution is 6.30. The number of amides is 2. The van der Waals surface area contributed by atoms with Gasteiger partial charge in [-0.15, -0.1) is 17.5 Å². The summed E-state index contributed by atoms with van der Waals surface area (Å²) in [6.45, 7) is 0.497. The number of rotatable bonds is 6. The van der Waals surface area contributed by atoms with Crippen molar-refractivity contribution in [2.75, 3.05) is 20.1 Å². The Morgan fingerprint density at radius 2 is 2.00 bits per heavy atom. The van der Waals surface area contributed by atoms with Crippen molar-refractivity contribution in [3.63, 3.8) is 0 Å². The molecule has 3 rings (SSSR count). The highest BCUT2D eigenvalue weighted by Crippen LogP contribution is 2.41. The number of nitrogens with one attached hydrogen (secondary N) is 1. The number of nitrogens with zero attached hydrogens (tertiary/aromatic N) is 3. The molecule has 1 aromatic carbocycles. The molecule has 162 valence electrons. The first kappa shape index (κ1) is 24.1. The average molecular weight is 452 g/mol. The molecule has 1 aliphatic rings. The van der Waals surface area contributed by atoms with Gasteiger partial charge in [-0.25, -0.2) is 0 Å². The van der Waals surface area contributed by atoms with Gasteiger partial charge in [0.15, 0.2) is 5.69 Å². The summed E-state index contributed by atoms with van der Waals surface area (Å²) < 4.78 is 0. The lowest BCUT2D eigenvalue weighted by atomic mass is 9.68. The first-order valence-corrected chi connectivity index (χ1v) is 10.1. The normalized spacial score (nSPS) is 20.7. The van der Waals surface area contributed by atoms with E-state index in [4.69, 9.17) is 17.3 Å². The molecule has 2 amide bonds. The van der Waals surface area contributed by atoms with Gasteiger partial charge >= 0.3 is 0 Å². The molecule has 0 bridgehead atoms.